The highest BCUT2D eigenvalue weighted by Gasteiger charge is 2.13. The lowest BCUT2D eigenvalue weighted by atomic mass is 10.1. The summed E-state index contributed by atoms with van der Waals surface area (Å²) in [6.45, 7) is 6.10. The van der Waals surface area contributed by atoms with Crippen LogP contribution in [-0.4, -0.2) is 28.1 Å². The zero-order chi connectivity index (χ0) is 12.3. The summed E-state index contributed by atoms with van der Waals surface area (Å²) in [6, 6.07) is 4.06. The van der Waals surface area contributed by atoms with Crippen LogP contribution in [0.5, 0.6) is 11.5 Å². The lowest BCUT2D eigenvalue weighted by molar-refractivity contribution is 0.0981. The Bertz CT molecular complexity index is 399. The summed E-state index contributed by atoms with van der Waals surface area (Å²) in [4.78, 5) is 11.7. The first-order valence-corrected chi connectivity index (χ1v) is 5.10. The average molecular weight is 260 g/mol. The van der Waals surface area contributed by atoms with E-state index in [0.717, 1.165) is 0 Å². The van der Waals surface area contributed by atoms with Gasteiger partial charge in [-0.15, -0.1) is 12.4 Å². The van der Waals surface area contributed by atoms with Gasteiger partial charge in [0.15, 0.2) is 17.3 Å². The normalized spacial score (nSPS) is 10.8. The number of carbonyl (C=O) groups excluding carboxylic acids is 1. The summed E-state index contributed by atoms with van der Waals surface area (Å²) in [5, 5.41) is 21.4. The van der Waals surface area contributed by atoms with E-state index in [1.165, 1.54) is 18.2 Å². The Morgan fingerprint density at radius 2 is 1.82 bits per heavy atom. The molecule has 4 nitrogen and oxygen atoms in total. The molecule has 0 radical (unpaired) electrons. The van der Waals surface area contributed by atoms with Gasteiger partial charge in [-0.25, -0.2) is 0 Å². The highest BCUT2D eigenvalue weighted by atomic mass is 35.5. The van der Waals surface area contributed by atoms with Crippen LogP contribution in [0, 0.1) is 0 Å². The van der Waals surface area contributed by atoms with Crippen LogP contribution in [0.4, 0.5) is 0 Å². The minimum atomic E-state index is -0.276. The summed E-state index contributed by atoms with van der Waals surface area (Å²) in [7, 11) is 0. The van der Waals surface area contributed by atoms with Crippen LogP contribution in [-0.2, 0) is 0 Å². The first-order chi connectivity index (χ1) is 7.29. The molecule has 0 fully saturated rings. The molecule has 0 bridgehead atoms. The number of Topliss-reactive ketones (excluding diaryl/α,β-unsaturated/α-hetero) is 1. The molecule has 0 atom stereocenters. The molecule has 17 heavy (non-hydrogen) atoms. The third kappa shape index (κ3) is 5.06. The molecule has 0 aliphatic rings. The second-order valence-electron chi connectivity index (χ2n) is 4.73. The maximum absolute atomic E-state index is 11.7. The molecule has 0 saturated heterocycles. The third-order valence-electron chi connectivity index (χ3n) is 2.08. The van der Waals surface area contributed by atoms with E-state index in [4.69, 9.17) is 5.11 Å². The Morgan fingerprint density at radius 1 is 1.24 bits per heavy atom. The van der Waals surface area contributed by atoms with Crippen molar-refractivity contribution in [2.24, 2.45) is 0 Å². The molecular weight excluding hydrogens is 242 g/mol. The van der Waals surface area contributed by atoms with Crippen LogP contribution in [0.3, 0.4) is 0 Å². The Morgan fingerprint density at radius 3 is 2.29 bits per heavy atom. The predicted molar refractivity (Wildman–Crippen MR) is 69.1 cm³/mol. The minimum absolute atomic E-state index is 0. The molecule has 1 aromatic carbocycles. The summed E-state index contributed by atoms with van der Waals surface area (Å²) in [5.74, 6) is -0.618. The number of phenols is 2. The quantitative estimate of drug-likeness (QED) is 0.574. The number of hydrogen-bond donors (Lipinski definition) is 3. The number of hydrogen-bond acceptors (Lipinski definition) is 4. The Labute approximate surface area is 107 Å². The number of carbonyl (C=O) groups is 1. The van der Waals surface area contributed by atoms with Gasteiger partial charge in [0.25, 0.3) is 0 Å². The van der Waals surface area contributed by atoms with Crippen molar-refractivity contribution in [3.63, 3.8) is 0 Å². The van der Waals surface area contributed by atoms with E-state index in [9.17, 15) is 9.90 Å². The van der Waals surface area contributed by atoms with E-state index < -0.39 is 0 Å². The number of aromatic hydroxyl groups is 2. The lowest BCUT2D eigenvalue weighted by Crippen LogP contribution is -2.39. The van der Waals surface area contributed by atoms with Crippen LogP contribution < -0.4 is 5.32 Å². The molecule has 0 spiro atoms. The Balaban J connectivity index is 0.00000256. The molecule has 5 heteroatoms. The van der Waals surface area contributed by atoms with Gasteiger partial charge < -0.3 is 15.5 Å². The summed E-state index contributed by atoms with van der Waals surface area (Å²) >= 11 is 0. The molecule has 96 valence electrons. The van der Waals surface area contributed by atoms with Crippen molar-refractivity contribution in [3.05, 3.63) is 23.8 Å². The molecule has 0 aliphatic heterocycles. The average Bonchev–Trinajstić information content (AvgIpc) is 2.17. The number of ketones is 1. The summed E-state index contributed by atoms with van der Waals surface area (Å²) in [5.41, 5.74) is 0.251. The number of benzene rings is 1. The third-order valence-corrected chi connectivity index (χ3v) is 2.08. The van der Waals surface area contributed by atoms with Gasteiger partial charge in [0.05, 0.1) is 6.54 Å². The predicted octanol–water partition coefficient (Wildman–Crippen LogP) is 2.09. The fraction of sp³-hybridized carbons (Fsp3) is 0.417. The van der Waals surface area contributed by atoms with Crippen LogP contribution in [0.2, 0.25) is 0 Å². The van der Waals surface area contributed by atoms with Crippen molar-refractivity contribution >= 4 is 18.2 Å². The van der Waals surface area contributed by atoms with Crippen molar-refractivity contribution in [2.45, 2.75) is 26.3 Å². The first kappa shape index (κ1) is 15.7. The fourth-order valence-corrected chi connectivity index (χ4v) is 1.14. The smallest absolute Gasteiger partial charge is 0.176 e. The number of rotatable bonds is 3. The summed E-state index contributed by atoms with van der Waals surface area (Å²) in [6.07, 6.45) is 0. The summed E-state index contributed by atoms with van der Waals surface area (Å²) < 4.78 is 0. The Kier molecular flexibility index (Phi) is 5.45. The molecule has 1 aromatic rings. The van der Waals surface area contributed by atoms with Crippen LogP contribution in [0.25, 0.3) is 0 Å². The van der Waals surface area contributed by atoms with Crippen molar-refractivity contribution in [1.29, 1.82) is 0 Å². The van der Waals surface area contributed by atoms with Gasteiger partial charge in [-0.2, -0.15) is 0 Å². The molecule has 0 heterocycles. The standard InChI is InChI=1S/C12H17NO3.ClH/c1-12(2,3)13-7-11(16)8-4-5-9(14)10(15)6-8;/h4-6,13-15H,7H2,1-3H3;1H. The molecule has 1 rings (SSSR count). The number of halogens is 1. The monoisotopic (exact) mass is 259 g/mol. The molecule has 0 saturated carbocycles. The van der Waals surface area contributed by atoms with Crippen molar-refractivity contribution in [2.75, 3.05) is 6.54 Å². The first-order valence-electron chi connectivity index (χ1n) is 5.10. The molecule has 3 N–H and O–H groups in total. The SMILES string of the molecule is CC(C)(C)NCC(=O)c1ccc(O)c(O)c1.Cl. The van der Waals surface area contributed by atoms with E-state index in [2.05, 4.69) is 5.32 Å². The molecule has 0 amide bonds. The van der Waals surface area contributed by atoms with E-state index >= 15 is 0 Å². The highest BCUT2D eigenvalue weighted by Crippen LogP contribution is 2.24. The maximum atomic E-state index is 11.7. The van der Waals surface area contributed by atoms with Crippen LogP contribution in [0.1, 0.15) is 31.1 Å². The van der Waals surface area contributed by atoms with Gasteiger partial charge in [0.1, 0.15) is 0 Å². The van der Waals surface area contributed by atoms with E-state index in [1.54, 1.807) is 0 Å². The van der Waals surface area contributed by atoms with E-state index in [-0.39, 0.29) is 41.8 Å². The molecular formula is C12H18ClNO3. The lowest BCUT2D eigenvalue weighted by Gasteiger charge is -2.19. The zero-order valence-corrected chi connectivity index (χ0v) is 11.0. The van der Waals surface area contributed by atoms with Gasteiger partial charge in [-0.1, -0.05) is 0 Å². The van der Waals surface area contributed by atoms with Gasteiger partial charge in [0, 0.05) is 11.1 Å². The topological polar surface area (TPSA) is 69.6 Å². The molecule has 0 aromatic heterocycles. The zero-order valence-electron chi connectivity index (χ0n) is 10.2. The van der Waals surface area contributed by atoms with Gasteiger partial charge in [0.2, 0.25) is 0 Å². The highest BCUT2D eigenvalue weighted by molar-refractivity contribution is 5.98. The van der Waals surface area contributed by atoms with Gasteiger partial charge >= 0.3 is 0 Å². The fourth-order valence-electron chi connectivity index (χ4n) is 1.14. The molecule has 0 unspecified atom stereocenters. The second kappa shape index (κ2) is 5.89. The van der Waals surface area contributed by atoms with Crippen molar-refractivity contribution in [1.82, 2.24) is 5.32 Å². The van der Waals surface area contributed by atoms with E-state index in [0.29, 0.717) is 5.56 Å². The van der Waals surface area contributed by atoms with Crippen LogP contribution >= 0.6 is 12.4 Å². The largest absolute Gasteiger partial charge is 0.504 e. The molecule has 0 aliphatic carbocycles. The second-order valence-corrected chi connectivity index (χ2v) is 4.73. The Hall–Kier alpha value is -1.26. The van der Waals surface area contributed by atoms with Crippen molar-refractivity contribution in [3.8, 4) is 11.5 Å². The van der Waals surface area contributed by atoms with Crippen molar-refractivity contribution < 1.29 is 15.0 Å². The maximum Gasteiger partial charge on any atom is 0.176 e. The number of nitrogens with one attached hydrogen (secondary N) is 1. The van der Waals surface area contributed by atoms with E-state index in [1.807, 2.05) is 20.8 Å². The van der Waals surface area contributed by atoms with Gasteiger partial charge in [-0.3, -0.25) is 4.79 Å². The van der Waals surface area contributed by atoms with Gasteiger partial charge in [-0.05, 0) is 39.0 Å². The number of phenolic OH excluding ortho intramolecular Hbond substituents is 2. The van der Waals surface area contributed by atoms with Crippen LogP contribution in [0.15, 0.2) is 18.2 Å². The minimum Gasteiger partial charge on any atom is -0.504 e.